The summed E-state index contributed by atoms with van der Waals surface area (Å²) in [6, 6.07) is 8.38. The van der Waals surface area contributed by atoms with Crippen molar-refractivity contribution in [2.24, 2.45) is 5.84 Å². The third kappa shape index (κ3) is 3.19. The molecule has 0 bridgehead atoms. The van der Waals surface area contributed by atoms with E-state index in [9.17, 15) is 0 Å². The van der Waals surface area contributed by atoms with Gasteiger partial charge in [-0.1, -0.05) is 24.6 Å². The Morgan fingerprint density at radius 3 is 2.94 bits per heavy atom. The van der Waals surface area contributed by atoms with Crippen molar-refractivity contribution in [3.8, 4) is 5.75 Å². The lowest BCUT2D eigenvalue weighted by Crippen LogP contribution is -2.36. The van der Waals surface area contributed by atoms with E-state index in [1.165, 1.54) is 30.6 Å². The Kier molecular flexibility index (Phi) is 5.35. The average Bonchev–Trinajstić information content (AvgIpc) is 2.43. The van der Waals surface area contributed by atoms with Crippen LogP contribution in [0.15, 0.2) is 24.3 Å². The minimum atomic E-state index is 0.179. The molecule has 1 heterocycles. The van der Waals surface area contributed by atoms with Crippen LogP contribution in [0.25, 0.3) is 0 Å². The lowest BCUT2D eigenvalue weighted by molar-refractivity contribution is 0.330. The highest BCUT2D eigenvalue weighted by Gasteiger charge is 2.26. The number of hydrogen-bond acceptors (Lipinski definition) is 4. The van der Waals surface area contributed by atoms with E-state index in [0.717, 1.165) is 5.75 Å². The SMILES string of the molecule is CCOc1ccccc1C(NN)C1CCCCS1. The highest BCUT2D eigenvalue weighted by Crippen LogP contribution is 2.37. The smallest absolute Gasteiger partial charge is 0.124 e. The second-order valence-electron chi connectivity index (χ2n) is 4.52. The van der Waals surface area contributed by atoms with Crippen molar-refractivity contribution in [3.05, 3.63) is 29.8 Å². The molecule has 1 aliphatic heterocycles. The molecule has 2 atom stereocenters. The summed E-state index contributed by atoms with van der Waals surface area (Å²) in [6.07, 6.45) is 3.85. The van der Waals surface area contributed by atoms with Gasteiger partial charge in [0.2, 0.25) is 0 Å². The van der Waals surface area contributed by atoms with Crippen LogP contribution in [-0.4, -0.2) is 17.6 Å². The van der Waals surface area contributed by atoms with E-state index in [2.05, 4.69) is 17.6 Å². The number of rotatable bonds is 5. The first-order valence-electron chi connectivity index (χ1n) is 6.66. The van der Waals surface area contributed by atoms with Crippen molar-refractivity contribution >= 4 is 11.8 Å². The van der Waals surface area contributed by atoms with Crippen molar-refractivity contribution in [1.29, 1.82) is 0 Å². The van der Waals surface area contributed by atoms with Crippen LogP contribution < -0.4 is 16.0 Å². The number of benzene rings is 1. The summed E-state index contributed by atoms with van der Waals surface area (Å²) < 4.78 is 5.71. The van der Waals surface area contributed by atoms with Crippen LogP contribution in [-0.2, 0) is 0 Å². The van der Waals surface area contributed by atoms with Crippen LogP contribution in [0.3, 0.4) is 0 Å². The van der Waals surface area contributed by atoms with Gasteiger partial charge in [-0.2, -0.15) is 11.8 Å². The second kappa shape index (κ2) is 7.02. The van der Waals surface area contributed by atoms with Crippen molar-refractivity contribution < 1.29 is 4.74 Å². The predicted octanol–water partition coefficient (Wildman–Crippen LogP) is 2.88. The van der Waals surface area contributed by atoms with Gasteiger partial charge in [0.15, 0.2) is 0 Å². The Balaban J connectivity index is 2.20. The molecule has 2 unspecified atom stereocenters. The molecule has 0 saturated carbocycles. The lowest BCUT2D eigenvalue weighted by atomic mass is 9.99. The number of nitrogens with two attached hydrogens (primary N) is 1. The highest BCUT2D eigenvalue weighted by atomic mass is 32.2. The average molecular weight is 266 g/mol. The van der Waals surface area contributed by atoms with E-state index in [4.69, 9.17) is 10.6 Å². The molecule has 0 spiro atoms. The first-order chi connectivity index (χ1) is 8.86. The van der Waals surface area contributed by atoms with Crippen molar-refractivity contribution in [3.63, 3.8) is 0 Å². The molecule has 1 aromatic carbocycles. The Labute approximate surface area is 113 Å². The third-order valence-corrected chi connectivity index (χ3v) is 4.78. The second-order valence-corrected chi connectivity index (χ2v) is 5.87. The molecule has 0 radical (unpaired) electrons. The normalized spacial score (nSPS) is 21.6. The fourth-order valence-electron chi connectivity index (χ4n) is 2.45. The molecule has 3 N–H and O–H groups in total. The molecule has 4 heteroatoms. The van der Waals surface area contributed by atoms with E-state index in [0.29, 0.717) is 11.9 Å². The molecule has 100 valence electrons. The first-order valence-corrected chi connectivity index (χ1v) is 7.71. The van der Waals surface area contributed by atoms with Gasteiger partial charge in [0.1, 0.15) is 5.75 Å². The van der Waals surface area contributed by atoms with Gasteiger partial charge in [0, 0.05) is 10.8 Å². The number of para-hydroxylation sites is 1. The molecule has 3 nitrogen and oxygen atoms in total. The van der Waals surface area contributed by atoms with E-state index in [1.54, 1.807) is 0 Å². The van der Waals surface area contributed by atoms with Gasteiger partial charge >= 0.3 is 0 Å². The quantitative estimate of drug-likeness (QED) is 0.635. The zero-order valence-electron chi connectivity index (χ0n) is 10.9. The predicted molar refractivity (Wildman–Crippen MR) is 77.8 cm³/mol. The molecule has 1 saturated heterocycles. The Morgan fingerprint density at radius 2 is 2.28 bits per heavy atom. The summed E-state index contributed by atoms with van der Waals surface area (Å²) in [5.41, 5.74) is 4.17. The van der Waals surface area contributed by atoms with Crippen LogP contribution in [0.2, 0.25) is 0 Å². The number of thioether (sulfide) groups is 1. The molecule has 1 aliphatic rings. The van der Waals surface area contributed by atoms with Crippen molar-refractivity contribution in [2.75, 3.05) is 12.4 Å². The van der Waals surface area contributed by atoms with Gasteiger partial charge in [-0.25, -0.2) is 0 Å². The molecular weight excluding hydrogens is 244 g/mol. The molecular formula is C14H22N2OS. The maximum absolute atomic E-state index is 5.78. The molecule has 0 aliphatic carbocycles. The minimum Gasteiger partial charge on any atom is -0.494 e. The fraction of sp³-hybridized carbons (Fsp3) is 0.571. The molecule has 18 heavy (non-hydrogen) atoms. The first kappa shape index (κ1) is 13.7. The zero-order valence-corrected chi connectivity index (χ0v) is 11.7. The van der Waals surface area contributed by atoms with Crippen LogP contribution in [0.5, 0.6) is 5.75 Å². The summed E-state index contributed by atoms with van der Waals surface area (Å²) in [5, 5.41) is 0.547. The molecule has 0 aromatic heterocycles. The topological polar surface area (TPSA) is 47.3 Å². The van der Waals surface area contributed by atoms with Gasteiger partial charge in [-0.05, 0) is 31.6 Å². The Hall–Kier alpha value is -0.710. The fourth-order valence-corrected chi connectivity index (χ4v) is 3.87. The summed E-state index contributed by atoms with van der Waals surface area (Å²) in [6.45, 7) is 2.70. The standard InChI is InChI=1S/C14H22N2OS/c1-2-17-12-8-4-3-7-11(12)14(16-15)13-9-5-6-10-18-13/h3-4,7-8,13-14,16H,2,5-6,9-10,15H2,1H3. The van der Waals surface area contributed by atoms with Gasteiger partial charge < -0.3 is 4.74 Å². The number of nitrogens with one attached hydrogen (secondary N) is 1. The zero-order chi connectivity index (χ0) is 12.8. The molecule has 0 amide bonds. The molecule has 1 aromatic rings. The molecule has 2 rings (SSSR count). The maximum atomic E-state index is 5.78. The number of hydrazine groups is 1. The largest absolute Gasteiger partial charge is 0.494 e. The van der Waals surface area contributed by atoms with Gasteiger partial charge in [0.05, 0.1) is 12.6 Å². The summed E-state index contributed by atoms with van der Waals surface area (Å²) in [7, 11) is 0. The highest BCUT2D eigenvalue weighted by molar-refractivity contribution is 8.00. The summed E-state index contributed by atoms with van der Waals surface area (Å²) in [5.74, 6) is 7.97. The maximum Gasteiger partial charge on any atom is 0.124 e. The lowest BCUT2D eigenvalue weighted by Gasteiger charge is -2.30. The van der Waals surface area contributed by atoms with Gasteiger partial charge in [0.25, 0.3) is 0 Å². The number of hydrogen-bond donors (Lipinski definition) is 2. The van der Waals surface area contributed by atoms with Crippen LogP contribution >= 0.6 is 11.8 Å². The Bertz CT molecular complexity index is 367. The van der Waals surface area contributed by atoms with Crippen molar-refractivity contribution in [1.82, 2.24) is 5.43 Å². The Morgan fingerprint density at radius 1 is 1.44 bits per heavy atom. The summed E-state index contributed by atoms with van der Waals surface area (Å²) >= 11 is 2.02. The van der Waals surface area contributed by atoms with E-state index < -0.39 is 0 Å². The van der Waals surface area contributed by atoms with Crippen LogP contribution in [0, 0.1) is 0 Å². The van der Waals surface area contributed by atoms with Gasteiger partial charge in [-0.3, -0.25) is 11.3 Å². The third-order valence-electron chi connectivity index (χ3n) is 3.32. The van der Waals surface area contributed by atoms with Crippen LogP contribution in [0.1, 0.15) is 37.8 Å². The monoisotopic (exact) mass is 266 g/mol. The van der Waals surface area contributed by atoms with Gasteiger partial charge in [-0.15, -0.1) is 0 Å². The van der Waals surface area contributed by atoms with Crippen molar-refractivity contribution in [2.45, 2.75) is 37.5 Å². The number of ether oxygens (including phenoxy) is 1. The minimum absolute atomic E-state index is 0.179. The van der Waals surface area contributed by atoms with E-state index in [-0.39, 0.29) is 6.04 Å². The van der Waals surface area contributed by atoms with E-state index >= 15 is 0 Å². The molecule has 1 fully saturated rings. The van der Waals surface area contributed by atoms with E-state index in [1.807, 2.05) is 30.8 Å². The van der Waals surface area contributed by atoms with Crippen LogP contribution in [0.4, 0.5) is 0 Å². The summed E-state index contributed by atoms with van der Waals surface area (Å²) in [4.78, 5) is 0.